The highest BCUT2D eigenvalue weighted by molar-refractivity contribution is 6.02. The largest absolute Gasteiger partial charge is 0.457 e. The molecule has 4 aromatic rings. The first-order chi connectivity index (χ1) is 15.6. The first kappa shape index (κ1) is 21.4. The molecule has 2 heterocycles. The smallest absolute Gasteiger partial charge is 0.251 e. The van der Waals surface area contributed by atoms with E-state index in [0.717, 1.165) is 65.5 Å². The number of ether oxygens (including phenoxy) is 1. The number of carbonyl (C=O) groups is 1. The van der Waals surface area contributed by atoms with Crippen LogP contribution in [-0.2, 0) is 19.4 Å². The minimum absolute atomic E-state index is 0.412. The third-order valence-corrected chi connectivity index (χ3v) is 5.63. The summed E-state index contributed by atoms with van der Waals surface area (Å²) in [5.74, 6) is 1.07. The minimum atomic E-state index is -0.412. The summed E-state index contributed by atoms with van der Waals surface area (Å²) in [5.41, 5.74) is 11.4. The standard InChI is InChI=1S/C26H28N4O2/c1-3-8-23-25(19-9-7-12-22(15-19)32-21-10-5-4-6-11-21)24(26(27)31)18(2)30(23)14-13-20-16-28-17-29-20/h4-7,9-12,15-17H,3,8,13-14H2,1-2H3,(H2,27,31)(H,28,29). The lowest BCUT2D eigenvalue weighted by Crippen LogP contribution is -2.14. The van der Waals surface area contributed by atoms with Crippen LogP contribution in [-0.4, -0.2) is 20.4 Å². The Balaban J connectivity index is 1.77. The number of imidazole rings is 1. The Morgan fingerprint density at radius 3 is 2.56 bits per heavy atom. The molecular formula is C26H28N4O2. The van der Waals surface area contributed by atoms with Crippen LogP contribution in [0.3, 0.4) is 0 Å². The Hall–Kier alpha value is -3.80. The third-order valence-electron chi connectivity index (χ3n) is 5.63. The Morgan fingerprint density at radius 2 is 1.88 bits per heavy atom. The Morgan fingerprint density at radius 1 is 1.09 bits per heavy atom. The molecule has 1 amide bonds. The Kier molecular flexibility index (Phi) is 6.40. The van der Waals surface area contributed by atoms with Crippen LogP contribution in [0.1, 0.15) is 40.8 Å². The maximum absolute atomic E-state index is 12.6. The average molecular weight is 429 g/mol. The number of rotatable bonds is 9. The summed E-state index contributed by atoms with van der Waals surface area (Å²) >= 11 is 0. The second-order valence-electron chi connectivity index (χ2n) is 7.82. The predicted octanol–water partition coefficient (Wildman–Crippen LogP) is 5.27. The van der Waals surface area contributed by atoms with E-state index in [-0.39, 0.29) is 0 Å². The van der Waals surface area contributed by atoms with E-state index in [1.54, 1.807) is 6.33 Å². The fourth-order valence-corrected chi connectivity index (χ4v) is 4.20. The summed E-state index contributed by atoms with van der Waals surface area (Å²) < 4.78 is 8.27. The van der Waals surface area contributed by atoms with E-state index in [1.807, 2.05) is 67.7 Å². The van der Waals surface area contributed by atoms with Crippen molar-refractivity contribution in [3.63, 3.8) is 0 Å². The van der Waals surface area contributed by atoms with Gasteiger partial charge in [0.05, 0.1) is 11.9 Å². The van der Waals surface area contributed by atoms with Gasteiger partial charge in [-0.25, -0.2) is 4.98 Å². The summed E-state index contributed by atoms with van der Waals surface area (Å²) in [6.45, 7) is 4.86. The number of benzene rings is 2. The van der Waals surface area contributed by atoms with Gasteiger partial charge in [-0.15, -0.1) is 0 Å². The van der Waals surface area contributed by atoms with Gasteiger partial charge in [0.15, 0.2) is 0 Å². The van der Waals surface area contributed by atoms with E-state index in [1.165, 1.54) is 0 Å². The number of aryl methyl sites for hydroxylation is 1. The van der Waals surface area contributed by atoms with Gasteiger partial charge < -0.3 is 20.0 Å². The number of hydrogen-bond acceptors (Lipinski definition) is 3. The highest BCUT2D eigenvalue weighted by atomic mass is 16.5. The van der Waals surface area contributed by atoms with Crippen LogP contribution in [0, 0.1) is 6.92 Å². The Labute approximate surface area is 188 Å². The summed E-state index contributed by atoms with van der Waals surface area (Å²) in [6.07, 6.45) is 6.11. The summed E-state index contributed by atoms with van der Waals surface area (Å²) in [7, 11) is 0. The van der Waals surface area contributed by atoms with Crippen LogP contribution in [0.4, 0.5) is 0 Å². The number of carbonyl (C=O) groups excluding carboxylic acids is 1. The molecule has 6 heteroatoms. The lowest BCUT2D eigenvalue weighted by molar-refractivity contribution is 0.1000. The monoisotopic (exact) mass is 428 g/mol. The number of nitrogens with one attached hydrogen (secondary N) is 1. The van der Waals surface area contributed by atoms with Crippen LogP contribution in [0.2, 0.25) is 0 Å². The van der Waals surface area contributed by atoms with Gasteiger partial charge in [-0.05, 0) is 43.2 Å². The first-order valence-electron chi connectivity index (χ1n) is 10.9. The molecule has 0 aliphatic heterocycles. The van der Waals surface area contributed by atoms with Crippen molar-refractivity contribution < 1.29 is 9.53 Å². The van der Waals surface area contributed by atoms with Crippen LogP contribution >= 0.6 is 0 Å². The number of amides is 1. The van der Waals surface area contributed by atoms with Gasteiger partial charge >= 0.3 is 0 Å². The molecule has 32 heavy (non-hydrogen) atoms. The molecule has 2 aromatic carbocycles. The van der Waals surface area contributed by atoms with Crippen molar-refractivity contribution in [1.29, 1.82) is 0 Å². The molecule has 0 unspecified atom stereocenters. The summed E-state index contributed by atoms with van der Waals surface area (Å²) in [4.78, 5) is 19.8. The Bertz CT molecular complexity index is 1190. The van der Waals surface area contributed by atoms with Crippen molar-refractivity contribution in [2.45, 2.75) is 39.7 Å². The average Bonchev–Trinajstić information content (AvgIpc) is 3.40. The number of H-pyrrole nitrogens is 1. The lowest BCUT2D eigenvalue weighted by Gasteiger charge is -2.13. The maximum Gasteiger partial charge on any atom is 0.251 e. The van der Waals surface area contributed by atoms with Crippen molar-refractivity contribution in [3.8, 4) is 22.6 Å². The maximum atomic E-state index is 12.6. The molecule has 0 saturated carbocycles. The van der Waals surface area contributed by atoms with Gasteiger partial charge in [0, 0.05) is 41.8 Å². The topological polar surface area (TPSA) is 85.9 Å². The number of aromatic nitrogens is 3. The second-order valence-corrected chi connectivity index (χ2v) is 7.82. The normalized spacial score (nSPS) is 10.9. The quantitative estimate of drug-likeness (QED) is 0.381. The second kappa shape index (κ2) is 9.56. The van der Waals surface area contributed by atoms with Crippen molar-refractivity contribution >= 4 is 5.91 Å². The first-order valence-corrected chi connectivity index (χ1v) is 10.9. The highest BCUT2D eigenvalue weighted by Crippen LogP contribution is 2.36. The number of hydrogen-bond donors (Lipinski definition) is 2. The fourth-order valence-electron chi connectivity index (χ4n) is 4.20. The van der Waals surface area contributed by atoms with E-state index in [2.05, 4.69) is 21.5 Å². The van der Waals surface area contributed by atoms with Crippen molar-refractivity contribution in [2.75, 3.05) is 0 Å². The lowest BCUT2D eigenvalue weighted by atomic mass is 9.98. The minimum Gasteiger partial charge on any atom is -0.457 e. The van der Waals surface area contributed by atoms with Crippen LogP contribution in [0.5, 0.6) is 11.5 Å². The molecule has 164 valence electrons. The van der Waals surface area contributed by atoms with Crippen molar-refractivity contribution in [1.82, 2.24) is 14.5 Å². The number of para-hydroxylation sites is 1. The highest BCUT2D eigenvalue weighted by Gasteiger charge is 2.24. The van der Waals surface area contributed by atoms with Crippen LogP contribution < -0.4 is 10.5 Å². The molecule has 6 nitrogen and oxygen atoms in total. The van der Waals surface area contributed by atoms with Gasteiger partial charge in [-0.1, -0.05) is 43.7 Å². The molecule has 0 aliphatic carbocycles. The summed E-state index contributed by atoms with van der Waals surface area (Å²) in [6, 6.07) is 17.5. The molecule has 0 atom stereocenters. The zero-order valence-electron chi connectivity index (χ0n) is 18.5. The van der Waals surface area contributed by atoms with Crippen molar-refractivity contribution in [2.24, 2.45) is 5.73 Å². The van der Waals surface area contributed by atoms with Gasteiger partial charge in [-0.3, -0.25) is 4.79 Å². The van der Waals surface area contributed by atoms with Crippen molar-refractivity contribution in [3.05, 3.63) is 89.8 Å². The molecule has 4 rings (SSSR count). The van der Waals surface area contributed by atoms with E-state index in [0.29, 0.717) is 5.56 Å². The molecule has 0 fully saturated rings. The zero-order chi connectivity index (χ0) is 22.5. The van der Waals surface area contributed by atoms with Crippen LogP contribution in [0.25, 0.3) is 11.1 Å². The molecule has 0 saturated heterocycles. The predicted molar refractivity (Wildman–Crippen MR) is 126 cm³/mol. The van der Waals surface area contributed by atoms with Crippen LogP contribution in [0.15, 0.2) is 67.1 Å². The molecule has 0 spiro atoms. The van der Waals surface area contributed by atoms with E-state index in [9.17, 15) is 4.79 Å². The van der Waals surface area contributed by atoms with E-state index >= 15 is 0 Å². The number of aromatic amines is 1. The number of primary amides is 1. The molecule has 3 N–H and O–H groups in total. The molecule has 0 radical (unpaired) electrons. The molecule has 2 aromatic heterocycles. The molecule has 0 bridgehead atoms. The molecular weight excluding hydrogens is 400 g/mol. The van der Waals surface area contributed by atoms with Gasteiger partial charge in [-0.2, -0.15) is 0 Å². The van der Waals surface area contributed by atoms with Gasteiger partial charge in [0.2, 0.25) is 0 Å². The van der Waals surface area contributed by atoms with E-state index < -0.39 is 5.91 Å². The van der Waals surface area contributed by atoms with Gasteiger partial charge in [0.1, 0.15) is 11.5 Å². The number of nitrogens with zero attached hydrogens (tertiary/aromatic N) is 2. The van der Waals surface area contributed by atoms with Gasteiger partial charge in [0.25, 0.3) is 5.91 Å². The summed E-state index contributed by atoms with van der Waals surface area (Å²) in [5, 5.41) is 0. The number of nitrogens with two attached hydrogens (primary N) is 1. The molecule has 0 aliphatic rings. The zero-order valence-corrected chi connectivity index (χ0v) is 18.5. The third kappa shape index (κ3) is 4.44. The SMILES string of the molecule is CCCc1c(-c2cccc(Oc3ccccc3)c2)c(C(N)=O)c(C)n1CCc1cnc[nH]1. The fraction of sp³-hybridized carbons (Fsp3) is 0.231. The van der Waals surface area contributed by atoms with E-state index in [4.69, 9.17) is 10.5 Å².